The summed E-state index contributed by atoms with van der Waals surface area (Å²) < 4.78 is 5.71. The van der Waals surface area contributed by atoms with Crippen molar-refractivity contribution in [2.24, 2.45) is 15.9 Å². The van der Waals surface area contributed by atoms with Crippen molar-refractivity contribution in [2.75, 3.05) is 13.2 Å². The molecule has 0 aromatic carbocycles. The van der Waals surface area contributed by atoms with Crippen LogP contribution in [0.2, 0.25) is 0 Å². The molecule has 0 spiro atoms. The molecule has 17 heavy (non-hydrogen) atoms. The van der Waals surface area contributed by atoms with E-state index in [1.54, 1.807) is 0 Å². The van der Waals surface area contributed by atoms with Crippen LogP contribution < -0.4 is 0 Å². The minimum absolute atomic E-state index is 0.158. The van der Waals surface area contributed by atoms with Crippen LogP contribution in [-0.2, 0) is 4.74 Å². The van der Waals surface area contributed by atoms with Crippen molar-refractivity contribution in [3.63, 3.8) is 0 Å². The summed E-state index contributed by atoms with van der Waals surface area (Å²) in [4.78, 5) is 0. The van der Waals surface area contributed by atoms with E-state index >= 15 is 0 Å². The van der Waals surface area contributed by atoms with Gasteiger partial charge in [0.05, 0.1) is 13.2 Å². The number of rotatable bonds is 2. The molecule has 1 rings (SSSR count). The second-order valence-electron chi connectivity index (χ2n) is 6.70. The fourth-order valence-corrected chi connectivity index (χ4v) is 1.62. The molecule has 0 amide bonds. The van der Waals surface area contributed by atoms with E-state index < -0.39 is 0 Å². The summed E-state index contributed by atoms with van der Waals surface area (Å²) >= 11 is 0. The molecule has 0 radical (unpaired) electrons. The molecule has 0 saturated carbocycles. The predicted molar refractivity (Wildman–Crippen MR) is 72.8 cm³/mol. The topological polar surface area (TPSA) is 24.8 Å². The van der Waals surface area contributed by atoms with Crippen LogP contribution in [-0.4, -0.2) is 24.4 Å². The van der Waals surface area contributed by atoms with Crippen molar-refractivity contribution in [3.8, 4) is 0 Å². The van der Waals surface area contributed by atoms with Gasteiger partial charge < -0.3 is 4.74 Å². The quantitative estimate of drug-likeness (QED) is 0.686. The van der Waals surface area contributed by atoms with Crippen LogP contribution in [0.25, 0.3) is 0 Å². The Bertz CT molecular complexity index is 311. The maximum absolute atomic E-state index is 5.71. The van der Waals surface area contributed by atoms with Gasteiger partial charge in [-0.25, -0.2) is 5.01 Å². The molecule has 1 aliphatic heterocycles. The van der Waals surface area contributed by atoms with E-state index in [4.69, 9.17) is 4.74 Å². The lowest BCUT2D eigenvalue weighted by molar-refractivity contribution is -0.0150. The summed E-state index contributed by atoms with van der Waals surface area (Å²) in [6.45, 7) is 14.7. The lowest BCUT2D eigenvalue weighted by Gasteiger charge is -2.37. The first kappa shape index (κ1) is 14.1. The molecule has 1 aliphatic rings. The van der Waals surface area contributed by atoms with Gasteiger partial charge in [0, 0.05) is 11.6 Å². The zero-order valence-electron chi connectivity index (χ0n) is 12.1. The van der Waals surface area contributed by atoms with Crippen molar-refractivity contribution in [1.82, 2.24) is 5.01 Å². The average molecular weight is 238 g/mol. The summed E-state index contributed by atoms with van der Waals surface area (Å²) in [5, 5.41) is 6.50. The van der Waals surface area contributed by atoms with Crippen LogP contribution in [0.4, 0.5) is 0 Å². The van der Waals surface area contributed by atoms with Gasteiger partial charge >= 0.3 is 0 Å². The van der Waals surface area contributed by atoms with E-state index in [1.165, 1.54) is 0 Å². The van der Waals surface area contributed by atoms with Gasteiger partial charge in [-0.15, -0.1) is 0 Å². The van der Waals surface area contributed by atoms with Crippen LogP contribution in [0.1, 0.15) is 48.0 Å². The molecular weight excluding hydrogens is 212 g/mol. The highest BCUT2D eigenvalue weighted by atomic mass is 16.5. The Labute approximate surface area is 106 Å². The Balaban J connectivity index is 2.66. The van der Waals surface area contributed by atoms with E-state index in [0.29, 0.717) is 0 Å². The zero-order valence-corrected chi connectivity index (χ0v) is 12.1. The lowest BCUT2D eigenvalue weighted by Crippen LogP contribution is -2.40. The van der Waals surface area contributed by atoms with E-state index in [9.17, 15) is 0 Å². The van der Waals surface area contributed by atoms with Gasteiger partial charge in [0.2, 0.25) is 5.88 Å². The fraction of sp³-hybridized carbons (Fsp3) is 0.786. The first-order chi connectivity index (χ1) is 7.73. The van der Waals surface area contributed by atoms with Gasteiger partial charge in [0.25, 0.3) is 0 Å². The molecule has 0 aromatic heterocycles. The summed E-state index contributed by atoms with van der Waals surface area (Å²) in [6.07, 6.45) is 4.94. The molecule has 0 aromatic rings. The summed E-state index contributed by atoms with van der Waals surface area (Å²) in [5.74, 6) is 0.870. The fourth-order valence-electron chi connectivity index (χ4n) is 1.62. The number of hydrogen-bond donors (Lipinski definition) is 0. The Morgan fingerprint density at radius 3 is 2.59 bits per heavy atom. The molecular formula is C14H26N2O. The summed E-state index contributed by atoms with van der Waals surface area (Å²) in [6, 6.07) is 0. The van der Waals surface area contributed by atoms with Gasteiger partial charge in [-0.05, 0) is 24.8 Å². The van der Waals surface area contributed by atoms with Crippen LogP contribution in [0.15, 0.2) is 17.1 Å². The largest absolute Gasteiger partial charge is 0.477 e. The first-order valence-electron chi connectivity index (χ1n) is 6.33. The number of hydrazone groups is 1. The van der Waals surface area contributed by atoms with Crippen molar-refractivity contribution < 1.29 is 4.74 Å². The normalized spacial score (nSPS) is 23.2. The number of allylic oxidation sites excluding steroid dienone is 1. The Kier molecular flexibility index (Phi) is 4.23. The molecule has 1 fully saturated rings. The van der Waals surface area contributed by atoms with Crippen LogP contribution in [0.5, 0.6) is 0 Å². The third kappa shape index (κ3) is 4.80. The molecule has 0 atom stereocenters. The molecule has 0 N–H and O–H groups in total. The maximum Gasteiger partial charge on any atom is 0.205 e. The molecule has 98 valence electrons. The summed E-state index contributed by atoms with van der Waals surface area (Å²) in [7, 11) is 0. The smallest absolute Gasteiger partial charge is 0.205 e. The Morgan fingerprint density at radius 1 is 1.41 bits per heavy atom. The van der Waals surface area contributed by atoms with Crippen LogP contribution in [0, 0.1) is 10.8 Å². The van der Waals surface area contributed by atoms with Crippen molar-refractivity contribution in [2.45, 2.75) is 48.0 Å². The molecule has 0 aliphatic carbocycles. The third-order valence-electron chi connectivity index (χ3n) is 2.61. The zero-order chi connectivity index (χ0) is 13.1. The van der Waals surface area contributed by atoms with Gasteiger partial charge in [0.1, 0.15) is 0 Å². The monoisotopic (exact) mass is 238 g/mol. The van der Waals surface area contributed by atoms with Gasteiger partial charge in [0.15, 0.2) is 0 Å². The van der Waals surface area contributed by atoms with Gasteiger partial charge in [-0.3, -0.25) is 0 Å². The third-order valence-corrected chi connectivity index (χ3v) is 2.61. The minimum Gasteiger partial charge on any atom is -0.477 e. The van der Waals surface area contributed by atoms with E-state index in [2.05, 4.69) is 39.7 Å². The highest BCUT2D eigenvalue weighted by Crippen LogP contribution is 2.27. The Morgan fingerprint density at radius 2 is 2.06 bits per heavy atom. The SMILES string of the molecule is C/C=C1/OCC(C)(C)CN1/N=C\CC(C)(C)C. The number of hydrogen-bond acceptors (Lipinski definition) is 3. The average Bonchev–Trinajstić information content (AvgIpc) is 2.15. The van der Waals surface area contributed by atoms with Gasteiger partial charge in [-0.2, -0.15) is 5.10 Å². The molecule has 3 heteroatoms. The molecule has 1 heterocycles. The highest BCUT2D eigenvalue weighted by Gasteiger charge is 2.30. The molecule has 3 nitrogen and oxygen atoms in total. The standard InChI is InChI=1S/C14H26N2O/c1-7-12-16(10-14(5,6)11-17-12)15-9-8-13(2,3)4/h7,9H,8,10-11H2,1-6H3/b12-7+,15-9-. The second-order valence-corrected chi connectivity index (χ2v) is 6.70. The van der Waals surface area contributed by atoms with Gasteiger partial charge in [-0.1, -0.05) is 34.6 Å². The number of ether oxygens (including phenoxy) is 1. The van der Waals surface area contributed by atoms with Crippen molar-refractivity contribution in [1.29, 1.82) is 0 Å². The maximum atomic E-state index is 5.71. The highest BCUT2D eigenvalue weighted by molar-refractivity contribution is 5.57. The minimum atomic E-state index is 0.158. The van der Waals surface area contributed by atoms with Crippen molar-refractivity contribution >= 4 is 6.21 Å². The summed E-state index contributed by atoms with van der Waals surface area (Å²) in [5.41, 5.74) is 0.442. The second kappa shape index (κ2) is 5.11. The number of nitrogens with zero attached hydrogens (tertiary/aromatic N) is 2. The van der Waals surface area contributed by atoms with E-state index in [0.717, 1.165) is 25.5 Å². The Hall–Kier alpha value is -0.990. The van der Waals surface area contributed by atoms with Crippen molar-refractivity contribution in [3.05, 3.63) is 12.0 Å². The van der Waals surface area contributed by atoms with Crippen LogP contribution in [0.3, 0.4) is 0 Å². The van der Waals surface area contributed by atoms with E-state index in [1.807, 2.05) is 24.2 Å². The lowest BCUT2D eigenvalue weighted by atomic mass is 9.93. The molecule has 0 bridgehead atoms. The molecule has 1 saturated heterocycles. The predicted octanol–water partition coefficient (Wildman–Crippen LogP) is 3.63. The first-order valence-corrected chi connectivity index (χ1v) is 6.33. The van der Waals surface area contributed by atoms with Crippen LogP contribution >= 0.6 is 0 Å². The van der Waals surface area contributed by atoms with E-state index in [-0.39, 0.29) is 10.8 Å². The molecule has 0 unspecified atom stereocenters.